The molecule has 0 aliphatic rings. The summed E-state index contributed by atoms with van der Waals surface area (Å²) in [5.41, 5.74) is 2.16. The van der Waals surface area contributed by atoms with Crippen LogP contribution < -0.4 is 5.32 Å². The molecule has 0 spiro atoms. The lowest BCUT2D eigenvalue weighted by molar-refractivity contribution is 0.00640. The van der Waals surface area contributed by atoms with E-state index in [0.717, 1.165) is 11.3 Å². The molecule has 5 heteroatoms. The van der Waals surface area contributed by atoms with Gasteiger partial charge in [-0.05, 0) is 25.5 Å². The molecule has 0 bridgehead atoms. The van der Waals surface area contributed by atoms with Gasteiger partial charge in [-0.2, -0.15) is 0 Å². The zero-order valence-electron chi connectivity index (χ0n) is 11.8. The second-order valence-corrected chi connectivity index (χ2v) is 4.32. The molecule has 1 rings (SSSR count). The Hall–Kier alpha value is -1.01. The summed E-state index contributed by atoms with van der Waals surface area (Å²) in [4.78, 5) is 4.28. The van der Waals surface area contributed by atoms with Crippen molar-refractivity contribution >= 4 is 0 Å². The number of aryl methyl sites for hydroxylation is 1. The molecule has 1 atom stereocenters. The van der Waals surface area contributed by atoms with Crippen LogP contribution in [0.3, 0.4) is 0 Å². The smallest absolute Gasteiger partial charge is 0.0897 e. The highest BCUT2D eigenvalue weighted by molar-refractivity contribution is 5.17. The van der Waals surface area contributed by atoms with Crippen molar-refractivity contribution in [3.05, 3.63) is 29.6 Å². The van der Waals surface area contributed by atoms with E-state index in [9.17, 15) is 5.11 Å². The van der Waals surface area contributed by atoms with Gasteiger partial charge in [0.2, 0.25) is 0 Å². The summed E-state index contributed by atoms with van der Waals surface area (Å²) in [6.07, 6.45) is 1.27. The summed E-state index contributed by atoms with van der Waals surface area (Å²) < 4.78 is 10.4. The topological polar surface area (TPSA) is 63.6 Å². The number of nitrogens with zero attached hydrogens (tertiary/aromatic N) is 1. The minimum Gasteiger partial charge on any atom is -0.389 e. The highest BCUT2D eigenvalue weighted by Gasteiger charge is 2.05. The molecule has 5 nitrogen and oxygen atoms in total. The van der Waals surface area contributed by atoms with Gasteiger partial charge in [-0.15, -0.1) is 0 Å². The molecule has 1 unspecified atom stereocenters. The molecule has 0 radical (unpaired) electrons. The van der Waals surface area contributed by atoms with Crippen LogP contribution in [0, 0.1) is 6.92 Å². The minimum atomic E-state index is -0.509. The minimum absolute atomic E-state index is 0.321. The number of aliphatic hydroxyl groups is 1. The SMILES string of the molecule is CCOCCOCC(O)CNCc1ncccc1C. The number of rotatable bonds is 10. The van der Waals surface area contributed by atoms with Crippen molar-refractivity contribution in [1.82, 2.24) is 10.3 Å². The Morgan fingerprint density at radius 1 is 1.37 bits per heavy atom. The van der Waals surface area contributed by atoms with Crippen molar-refractivity contribution in [1.29, 1.82) is 0 Å². The predicted octanol–water partition coefficient (Wildman–Crippen LogP) is 0.894. The monoisotopic (exact) mass is 268 g/mol. The van der Waals surface area contributed by atoms with E-state index in [1.165, 1.54) is 0 Å². The molecule has 1 aromatic rings. The normalized spacial score (nSPS) is 12.6. The Kier molecular flexibility index (Phi) is 8.33. The fraction of sp³-hybridized carbons (Fsp3) is 0.643. The Morgan fingerprint density at radius 2 is 2.16 bits per heavy atom. The van der Waals surface area contributed by atoms with Gasteiger partial charge in [-0.3, -0.25) is 4.98 Å². The summed E-state index contributed by atoms with van der Waals surface area (Å²) in [5, 5.41) is 12.9. The van der Waals surface area contributed by atoms with Crippen LogP contribution in [-0.4, -0.2) is 49.2 Å². The van der Waals surface area contributed by atoms with E-state index < -0.39 is 6.10 Å². The van der Waals surface area contributed by atoms with Crippen LogP contribution in [-0.2, 0) is 16.0 Å². The van der Waals surface area contributed by atoms with Gasteiger partial charge in [0.25, 0.3) is 0 Å². The molecule has 1 heterocycles. The quantitative estimate of drug-likeness (QED) is 0.617. The third-order valence-corrected chi connectivity index (χ3v) is 2.68. The van der Waals surface area contributed by atoms with Crippen LogP contribution in [0.25, 0.3) is 0 Å². The maximum Gasteiger partial charge on any atom is 0.0897 e. The van der Waals surface area contributed by atoms with Crippen molar-refractivity contribution in [2.75, 3.05) is 33.0 Å². The molecule has 2 N–H and O–H groups in total. The lowest BCUT2D eigenvalue weighted by Crippen LogP contribution is -2.31. The van der Waals surface area contributed by atoms with Crippen molar-refractivity contribution in [3.63, 3.8) is 0 Å². The summed E-state index contributed by atoms with van der Waals surface area (Å²) in [6.45, 7) is 7.22. The number of aliphatic hydroxyl groups excluding tert-OH is 1. The molecule has 1 aromatic heterocycles. The predicted molar refractivity (Wildman–Crippen MR) is 74.0 cm³/mol. The van der Waals surface area contributed by atoms with Gasteiger partial charge < -0.3 is 19.9 Å². The Morgan fingerprint density at radius 3 is 2.89 bits per heavy atom. The Balaban J connectivity index is 2.07. The van der Waals surface area contributed by atoms with E-state index in [1.807, 2.05) is 26.0 Å². The molecular formula is C14H24N2O3. The van der Waals surface area contributed by atoms with E-state index >= 15 is 0 Å². The third kappa shape index (κ3) is 7.22. The fourth-order valence-corrected chi connectivity index (χ4v) is 1.60. The molecule has 0 aliphatic carbocycles. The molecule has 0 amide bonds. The lowest BCUT2D eigenvalue weighted by Gasteiger charge is -2.12. The Labute approximate surface area is 115 Å². The van der Waals surface area contributed by atoms with Crippen LogP contribution in [0.1, 0.15) is 18.2 Å². The van der Waals surface area contributed by atoms with Gasteiger partial charge in [0, 0.05) is 25.9 Å². The average Bonchev–Trinajstić information content (AvgIpc) is 2.41. The van der Waals surface area contributed by atoms with Crippen molar-refractivity contribution < 1.29 is 14.6 Å². The molecular weight excluding hydrogens is 244 g/mol. The first-order valence-corrected chi connectivity index (χ1v) is 6.68. The van der Waals surface area contributed by atoms with E-state index in [2.05, 4.69) is 10.3 Å². The van der Waals surface area contributed by atoms with Crippen LogP contribution in [0.15, 0.2) is 18.3 Å². The first-order valence-electron chi connectivity index (χ1n) is 6.68. The van der Waals surface area contributed by atoms with Crippen LogP contribution in [0.5, 0.6) is 0 Å². The number of ether oxygens (including phenoxy) is 2. The molecule has 0 aromatic carbocycles. The molecule has 0 saturated heterocycles. The second-order valence-electron chi connectivity index (χ2n) is 4.32. The van der Waals surface area contributed by atoms with Crippen LogP contribution in [0.4, 0.5) is 0 Å². The number of hydrogen-bond acceptors (Lipinski definition) is 5. The largest absolute Gasteiger partial charge is 0.389 e. The zero-order valence-corrected chi connectivity index (χ0v) is 11.8. The maximum absolute atomic E-state index is 9.70. The van der Waals surface area contributed by atoms with Crippen molar-refractivity contribution in [3.8, 4) is 0 Å². The summed E-state index contributed by atoms with van der Waals surface area (Å²) in [7, 11) is 0. The van der Waals surface area contributed by atoms with Crippen molar-refractivity contribution in [2.24, 2.45) is 0 Å². The summed E-state index contributed by atoms with van der Waals surface area (Å²) in [5.74, 6) is 0. The second kappa shape index (κ2) is 9.86. The van der Waals surface area contributed by atoms with Gasteiger partial charge >= 0.3 is 0 Å². The van der Waals surface area contributed by atoms with Gasteiger partial charge in [0.1, 0.15) is 0 Å². The summed E-state index contributed by atoms with van der Waals surface area (Å²) in [6, 6.07) is 3.94. The van der Waals surface area contributed by atoms with E-state index in [-0.39, 0.29) is 0 Å². The van der Waals surface area contributed by atoms with Crippen LogP contribution >= 0.6 is 0 Å². The van der Waals surface area contributed by atoms with E-state index in [0.29, 0.717) is 39.5 Å². The highest BCUT2D eigenvalue weighted by atomic mass is 16.5. The molecule has 19 heavy (non-hydrogen) atoms. The number of pyridine rings is 1. The Bertz CT molecular complexity index is 347. The van der Waals surface area contributed by atoms with Gasteiger partial charge in [-0.25, -0.2) is 0 Å². The fourth-order valence-electron chi connectivity index (χ4n) is 1.60. The summed E-state index contributed by atoms with van der Waals surface area (Å²) >= 11 is 0. The first kappa shape index (κ1) is 16.0. The molecule has 0 aliphatic heterocycles. The maximum atomic E-state index is 9.70. The highest BCUT2D eigenvalue weighted by Crippen LogP contribution is 2.02. The van der Waals surface area contributed by atoms with Gasteiger partial charge in [0.05, 0.1) is 31.6 Å². The molecule has 0 saturated carbocycles. The standard InChI is InChI=1S/C14H24N2O3/c1-3-18-7-8-19-11-13(17)9-15-10-14-12(2)5-4-6-16-14/h4-6,13,15,17H,3,7-11H2,1-2H3. The first-order chi connectivity index (χ1) is 9.24. The molecule has 108 valence electrons. The van der Waals surface area contributed by atoms with Gasteiger partial charge in [-0.1, -0.05) is 6.07 Å². The average molecular weight is 268 g/mol. The number of nitrogens with one attached hydrogen (secondary N) is 1. The zero-order chi connectivity index (χ0) is 13.9. The van der Waals surface area contributed by atoms with E-state index in [1.54, 1.807) is 6.20 Å². The van der Waals surface area contributed by atoms with Gasteiger partial charge in [0.15, 0.2) is 0 Å². The van der Waals surface area contributed by atoms with E-state index in [4.69, 9.17) is 9.47 Å². The molecule has 0 fully saturated rings. The van der Waals surface area contributed by atoms with Crippen LogP contribution in [0.2, 0.25) is 0 Å². The van der Waals surface area contributed by atoms with Crippen molar-refractivity contribution in [2.45, 2.75) is 26.5 Å². The third-order valence-electron chi connectivity index (χ3n) is 2.68. The number of aromatic nitrogens is 1. The number of hydrogen-bond donors (Lipinski definition) is 2. The lowest BCUT2D eigenvalue weighted by atomic mass is 10.2.